The molecule has 0 unspecified atom stereocenters. The molecule has 3 nitrogen and oxygen atoms in total. The van der Waals surface area contributed by atoms with Crippen molar-refractivity contribution in [1.82, 2.24) is 4.90 Å². The van der Waals surface area contributed by atoms with Crippen LogP contribution in [0.5, 0.6) is 0 Å². The number of carbonyl (C=O) groups excluding carboxylic acids is 1. The molecule has 0 bridgehead atoms. The minimum atomic E-state index is -0.272. The van der Waals surface area contributed by atoms with Crippen molar-refractivity contribution in [2.45, 2.75) is 23.3 Å². The minimum absolute atomic E-state index is 0.272. The first kappa shape index (κ1) is 16.6. The first-order valence-corrected chi connectivity index (χ1v) is 8.09. The summed E-state index contributed by atoms with van der Waals surface area (Å²) in [4.78, 5) is 16.2. The maximum atomic E-state index is 11.8. The first-order valence-electron chi connectivity index (χ1n) is 7.28. The Morgan fingerprint density at radius 3 is 2.64 bits per heavy atom. The largest absolute Gasteiger partial charge is 0.462 e. The summed E-state index contributed by atoms with van der Waals surface area (Å²) in [6.45, 7) is 3.09. The maximum Gasteiger partial charge on any atom is 0.338 e. The van der Waals surface area contributed by atoms with E-state index in [0.717, 1.165) is 11.4 Å². The van der Waals surface area contributed by atoms with Crippen LogP contribution in [0.3, 0.4) is 0 Å². The molecule has 0 spiro atoms. The number of esters is 1. The lowest BCUT2D eigenvalue weighted by atomic mass is 10.2. The molecule has 0 heterocycles. The van der Waals surface area contributed by atoms with E-state index in [1.807, 2.05) is 31.2 Å². The Morgan fingerprint density at radius 1 is 1.14 bits per heavy atom. The Hall–Kier alpha value is -1.78. The van der Waals surface area contributed by atoms with Crippen molar-refractivity contribution < 1.29 is 9.53 Å². The molecular weight excluding hydrogens is 294 g/mol. The van der Waals surface area contributed by atoms with Crippen LogP contribution in [0.1, 0.15) is 22.8 Å². The minimum Gasteiger partial charge on any atom is -0.462 e. The van der Waals surface area contributed by atoms with E-state index in [0.29, 0.717) is 12.2 Å². The molecule has 0 radical (unpaired) electrons. The summed E-state index contributed by atoms with van der Waals surface area (Å²) in [7, 11) is 4.12. The summed E-state index contributed by atoms with van der Waals surface area (Å²) in [5, 5.41) is 0. The zero-order valence-electron chi connectivity index (χ0n) is 13.2. The highest BCUT2D eigenvalue weighted by Crippen LogP contribution is 2.31. The monoisotopic (exact) mass is 315 g/mol. The number of hydrogen-bond acceptors (Lipinski definition) is 4. The molecule has 2 aromatic carbocycles. The lowest BCUT2D eigenvalue weighted by Crippen LogP contribution is -2.11. The summed E-state index contributed by atoms with van der Waals surface area (Å²) in [5.74, 6) is -0.272. The molecule has 116 valence electrons. The SMILES string of the molecule is CCOC(=O)c1cccc(Sc2ccccc2CN(C)C)c1. The Balaban J connectivity index is 2.21. The van der Waals surface area contributed by atoms with Crippen LogP contribution in [0, 0.1) is 0 Å². The topological polar surface area (TPSA) is 29.5 Å². The Bertz CT molecular complexity index is 640. The fourth-order valence-corrected chi connectivity index (χ4v) is 3.10. The lowest BCUT2D eigenvalue weighted by Gasteiger charge is -2.14. The van der Waals surface area contributed by atoms with Gasteiger partial charge in [-0.2, -0.15) is 0 Å². The molecule has 0 N–H and O–H groups in total. The number of rotatable bonds is 6. The second kappa shape index (κ2) is 8.01. The number of benzene rings is 2. The smallest absolute Gasteiger partial charge is 0.338 e. The quantitative estimate of drug-likeness (QED) is 0.751. The van der Waals surface area contributed by atoms with Crippen LogP contribution in [0.15, 0.2) is 58.3 Å². The summed E-state index contributed by atoms with van der Waals surface area (Å²) in [6, 6.07) is 15.9. The van der Waals surface area contributed by atoms with Crippen molar-refractivity contribution in [3.63, 3.8) is 0 Å². The Labute approximate surface area is 136 Å². The summed E-state index contributed by atoms with van der Waals surface area (Å²) in [6.07, 6.45) is 0. The van der Waals surface area contributed by atoms with Gasteiger partial charge in [-0.3, -0.25) is 0 Å². The molecule has 0 aliphatic carbocycles. The average molecular weight is 315 g/mol. The normalized spacial score (nSPS) is 10.7. The molecule has 0 aliphatic rings. The van der Waals surface area contributed by atoms with Gasteiger partial charge in [0, 0.05) is 16.3 Å². The zero-order chi connectivity index (χ0) is 15.9. The van der Waals surface area contributed by atoms with Gasteiger partial charge in [-0.25, -0.2) is 4.79 Å². The van der Waals surface area contributed by atoms with Gasteiger partial charge in [0.1, 0.15) is 0 Å². The fraction of sp³-hybridized carbons (Fsp3) is 0.278. The molecule has 0 fully saturated rings. The summed E-state index contributed by atoms with van der Waals surface area (Å²) >= 11 is 1.67. The van der Waals surface area contributed by atoms with Gasteiger partial charge in [-0.15, -0.1) is 0 Å². The van der Waals surface area contributed by atoms with Gasteiger partial charge in [0.25, 0.3) is 0 Å². The second-order valence-electron chi connectivity index (χ2n) is 5.20. The molecule has 0 aliphatic heterocycles. The van der Waals surface area contributed by atoms with Gasteiger partial charge in [0.2, 0.25) is 0 Å². The van der Waals surface area contributed by atoms with E-state index in [1.165, 1.54) is 10.5 Å². The van der Waals surface area contributed by atoms with Crippen LogP contribution in [0.25, 0.3) is 0 Å². The van der Waals surface area contributed by atoms with Crippen LogP contribution in [-0.2, 0) is 11.3 Å². The molecule has 0 amide bonds. The van der Waals surface area contributed by atoms with Gasteiger partial charge in [0.15, 0.2) is 0 Å². The van der Waals surface area contributed by atoms with E-state index in [1.54, 1.807) is 17.8 Å². The van der Waals surface area contributed by atoms with E-state index in [9.17, 15) is 4.79 Å². The third-order valence-corrected chi connectivity index (χ3v) is 4.14. The van der Waals surface area contributed by atoms with Gasteiger partial charge < -0.3 is 9.64 Å². The van der Waals surface area contributed by atoms with Crippen LogP contribution < -0.4 is 0 Å². The van der Waals surface area contributed by atoms with Crippen LogP contribution in [0.2, 0.25) is 0 Å². The van der Waals surface area contributed by atoms with Crippen LogP contribution >= 0.6 is 11.8 Å². The van der Waals surface area contributed by atoms with Crippen molar-refractivity contribution in [3.05, 3.63) is 59.7 Å². The predicted molar refractivity (Wildman–Crippen MR) is 90.4 cm³/mol. The third-order valence-electron chi connectivity index (χ3n) is 3.03. The lowest BCUT2D eigenvalue weighted by molar-refractivity contribution is 0.0526. The molecule has 22 heavy (non-hydrogen) atoms. The van der Waals surface area contributed by atoms with Crippen LogP contribution in [0.4, 0.5) is 0 Å². The fourth-order valence-electron chi connectivity index (χ4n) is 2.10. The number of nitrogens with zero attached hydrogens (tertiary/aromatic N) is 1. The van der Waals surface area contributed by atoms with Crippen molar-refractivity contribution in [2.24, 2.45) is 0 Å². The van der Waals surface area contributed by atoms with Crippen molar-refractivity contribution >= 4 is 17.7 Å². The summed E-state index contributed by atoms with van der Waals surface area (Å²) in [5.41, 5.74) is 1.87. The molecule has 0 atom stereocenters. The van der Waals surface area contributed by atoms with Crippen molar-refractivity contribution in [3.8, 4) is 0 Å². The number of hydrogen-bond donors (Lipinski definition) is 0. The van der Waals surface area contributed by atoms with E-state index >= 15 is 0 Å². The first-order chi connectivity index (χ1) is 10.6. The molecular formula is C18H21NO2S. The van der Waals surface area contributed by atoms with E-state index in [-0.39, 0.29) is 5.97 Å². The highest BCUT2D eigenvalue weighted by molar-refractivity contribution is 7.99. The highest BCUT2D eigenvalue weighted by atomic mass is 32.2. The Morgan fingerprint density at radius 2 is 1.91 bits per heavy atom. The molecule has 0 aromatic heterocycles. The standard InChI is InChI=1S/C18H21NO2S/c1-4-21-18(20)14-9-7-10-16(12-14)22-17-11-6-5-8-15(17)13-19(2)3/h5-12H,4,13H2,1-3H3. The van der Waals surface area contributed by atoms with E-state index in [2.05, 4.69) is 37.2 Å². The zero-order valence-corrected chi connectivity index (χ0v) is 14.0. The maximum absolute atomic E-state index is 11.8. The highest BCUT2D eigenvalue weighted by Gasteiger charge is 2.09. The second-order valence-corrected chi connectivity index (χ2v) is 6.31. The molecule has 2 rings (SSSR count). The third kappa shape index (κ3) is 4.61. The molecule has 2 aromatic rings. The van der Waals surface area contributed by atoms with Gasteiger partial charge in [0.05, 0.1) is 12.2 Å². The summed E-state index contributed by atoms with van der Waals surface area (Å²) < 4.78 is 5.05. The van der Waals surface area contributed by atoms with Gasteiger partial charge in [-0.05, 0) is 50.8 Å². The average Bonchev–Trinajstić information content (AvgIpc) is 2.49. The van der Waals surface area contributed by atoms with E-state index < -0.39 is 0 Å². The molecule has 0 saturated heterocycles. The van der Waals surface area contributed by atoms with Crippen molar-refractivity contribution in [1.29, 1.82) is 0 Å². The Kier molecular flexibility index (Phi) is 6.04. The van der Waals surface area contributed by atoms with Gasteiger partial charge >= 0.3 is 5.97 Å². The predicted octanol–water partition coefficient (Wildman–Crippen LogP) is 4.08. The van der Waals surface area contributed by atoms with Crippen LogP contribution in [-0.4, -0.2) is 31.6 Å². The van der Waals surface area contributed by atoms with Crippen molar-refractivity contribution in [2.75, 3.05) is 20.7 Å². The molecule has 4 heteroatoms. The number of ether oxygens (including phenoxy) is 1. The number of carbonyl (C=O) groups is 1. The van der Waals surface area contributed by atoms with E-state index in [4.69, 9.17) is 4.74 Å². The van der Waals surface area contributed by atoms with Gasteiger partial charge in [-0.1, -0.05) is 36.0 Å². The molecule has 0 saturated carbocycles.